The molecule has 0 N–H and O–H groups in total. The molecule has 29 heavy (non-hydrogen) atoms. The van der Waals surface area contributed by atoms with E-state index in [-0.39, 0.29) is 30.9 Å². The molecule has 154 valence electrons. The molecule has 0 unspecified atom stereocenters. The van der Waals surface area contributed by atoms with Crippen molar-refractivity contribution in [2.45, 2.75) is 58.1 Å². The Kier molecular flexibility index (Phi) is 6.00. The number of allylic oxidation sites excluding steroid dienone is 2. The molecule has 0 aliphatic heterocycles. The van der Waals surface area contributed by atoms with Crippen LogP contribution in [0.4, 0.5) is 0 Å². The number of fused-ring (bicyclic) bond motifs is 1. The second-order valence-corrected chi connectivity index (χ2v) is 7.56. The monoisotopic (exact) mass is 397 g/mol. The number of hydrogen-bond acceptors (Lipinski definition) is 5. The van der Waals surface area contributed by atoms with E-state index in [9.17, 15) is 9.59 Å². The summed E-state index contributed by atoms with van der Waals surface area (Å²) in [5.74, 6) is -0.670. The molecule has 0 atom stereocenters. The van der Waals surface area contributed by atoms with Crippen LogP contribution in [-0.4, -0.2) is 36.0 Å². The maximum absolute atomic E-state index is 12.8. The van der Waals surface area contributed by atoms with Crippen molar-refractivity contribution in [1.29, 1.82) is 0 Å². The SMILES string of the molecule is CCOCc1c(C(=O)OCC(=O)N(C2=CCCCC2)C2CC2)oc2ccccc12. The van der Waals surface area contributed by atoms with Gasteiger partial charge in [-0.2, -0.15) is 0 Å². The van der Waals surface area contributed by atoms with Crippen LogP contribution in [0.3, 0.4) is 0 Å². The molecule has 0 saturated heterocycles. The van der Waals surface area contributed by atoms with Crippen molar-refractivity contribution in [3.63, 3.8) is 0 Å². The van der Waals surface area contributed by atoms with E-state index in [4.69, 9.17) is 13.9 Å². The summed E-state index contributed by atoms with van der Waals surface area (Å²) in [7, 11) is 0. The van der Waals surface area contributed by atoms with Crippen LogP contribution < -0.4 is 0 Å². The summed E-state index contributed by atoms with van der Waals surface area (Å²) in [5, 5.41) is 0.825. The van der Waals surface area contributed by atoms with Crippen molar-refractivity contribution >= 4 is 22.8 Å². The van der Waals surface area contributed by atoms with Crippen molar-refractivity contribution in [1.82, 2.24) is 4.90 Å². The summed E-state index contributed by atoms with van der Waals surface area (Å²) in [4.78, 5) is 27.4. The highest BCUT2D eigenvalue weighted by atomic mass is 16.5. The normalized spacial score (nSPS) is 16.5. The third kappa shape index (κ3) is 4.37. The van der Waals surface area contributed by atoms with Crippen LogP contribution in [0.15, 0.2) is 40.5 Å². The fourth-order valence-corrected chi connectivity index (χ4v) is 3.84. The van der Waals surface area contributed by atoms with Gasteiger partial charge in [-0.1, -0.05) is 24.3 Å². The molecule has 2 aliphatic rings. The predicted octanol–water partition coefficient (Wildman–Crippen LogP) is 4.58. The van der Waals surface area contributed by atoms with Gasteiger partial charge in [-0.15, -0.1) is 0 Å². The molecular formula is C23H27NO5. The second kappa shape index (κ2) is 8.82. The van der Waals surface area contributed by atoms with Crippen LogP contribution in [0.1, 0.15) is 61.6 Å². The van der Waals surface area contributed by atoms with Crippen molar-refractivity contribution in [2.75, 3.05) is 13.2 Å². The summed E-state index contributed by atoms with van der Waals surface area (Å²) < 4.78 is 16.6. The number of rotatable bonds is 8. The Labute approximate surface area is 170 Å². The third-order valence-electron chi connectivity index (χ3n) is 5.42. The maximum atomic E-state index is 12.8. The number of furan rings is 1. The Balaban J connectivity index is 1.47. The van der Waals surface area contributed by atoms with E-state index >= 15 is 0 Å². The molecule has 1 aromatic carbocycles. The first-order valence-corrected chi connectivity index (χ1v) is 10.5. The zero-order chi connectivity index (χ0) is 20.2. The summed E-state index contributed by atoms with van der Waals surface area (Å²) in [6, 6.07) is 7.68. The van der Waals surface area contributed by atoms with Crippen LogP contribution in [0.2, 0.25) is 0 Å². The summed E-state index contributed by atoms with van der Waals surface area (Å²) >= 11 is 0. The van der Waals surface area contributed by atoms with Gasteiger partial charge in [0, 0.05) is 29.3 Å². The van der Waals surface area contributed by atoms with Gasteiger partial charge < -0.3 is 18.8 Å². The van der Waals surface area contributed by atoms with Crippen molar-refractivity contribution in [3.8, 4) is 0 Å². The van der Waals surface area contributed by atoms with E-state index in [2.05, 4.69) is 6.08 Å². The number of benzene rings is 1. The van der Waals surface area contributed by atoms with E-state index in [1.807, 2.05) is 30.0 Å². The van der Waals surface area contributed by atoms with E-state index in [0.29, 0.717) is 17.8 Å². The van der Waals surface area contributed by atoms with Gasteiger partial charge in [-0.3, -0.25) is 4.79 Å². The van der Waals surface area contributed by atoms with Crippen LogP contribution in [0, 0.1) is 0 Å². The summed E-state index contributed by atoms with van der Waals surface area (Å²) in [6.45, 7) is 2.40. The van der Waals surface area contributed by atoms with Crippen LogP contribution in [0.25, 0.3) is 11.0 Å². The molecule has 4 rings (SSSR count). The number of para-hydroxylation sites is 1. The minimum Gasteiger partial charge on any atom is -0.450 e. The first-order valence-electron chi connectivity index (χ1n) is 10.5. The minimum atomic E-state index is -0.627. The maximum Gasteiger partial charge on any atom is 0.375 e. The highest BCUT2D eigenvalue weighted by Gasteiger charge is 2.35. The molecule has 6 nitrogen and oxygen atoms in total. The molecule has 6 heteroatoms. The second-order valence-electron chi connectivity index (χ2n) is 7.56. The predicted molar refractivity (Wildman–Crippen MR) is 108 cm³/mol. The Morgan fingerprint density at radius 1 is 1.21 bits per heavy atom. The average molecular weight is 397 g/mol. The number of carbonyl (C=O) groups is 2. The lowest BCUT2D eigenvalue weighted by atomic mass is 10.0. The van der Waals surface area contributed by atoms with E-state index in [0.717, 1.165) is 43.2 Å². The van der Waals surface area contributed by atoms with Crippen LogP contribution >= 0.6 is 0 Å². The molecule has 0 bridgehead atoms. The van der Waals surface area contributed by atoms with Gasteiger partial charge in [-0.25, -0.2) is 4.79 Å². The van der Waals surface area contributed by atoms with Gasteiger partial charge >= 0.3 is 5.97 Å². The lowest BCUT2D eigenvalue weighted by Crippen LogP contribution is -2.36. The molecule has 1 aromatic heterocycles. The summed E-state index contributed by atoms with van der Waals surface area (Å²) in [5.41, 5.74) is 2.35. The van der Waals surface area contributed by atoms with Gasteiger partial charge in [0.2, 0.25) is 5.76 Å². The van der Waals surface area contributed by atoms with Crippen molar-refractivity contribution in [3.05, 3.63) is 47.4 Å². The first-order chi connectivity index (χ1) is 14.2. The summed E-state index contributed by atoms with van der Waals surface area (Å²) in [6.07, 6.45) is 8.37. The van der Waals surface area contributed by atoms with E-state index in [1.165, 1.54) is 6.42 Å². The lowest BCUT2D eigenvalue weighted by Gasteiger charge is -2.27. The van der Waals surface area contributed by atoms with Gasteiger partial charge in [0.05, 0.1) is 6.61 Å². The van der Waals surface area contributed by atoms with Gasteiger partial charge in [-0.05, 0) is 51.5 Å². The van der Waals surface area contributed by atoms with E-state index < -0.39 is 5.97 Å². The highest BCUT2D eigenvalue weighted by molar-refractivity contribution is 5.97. The number of nitrogens with zero attached hydrogens (tertiary/aromatic N) is 1. The van der Waals surface area contributed by atoms with Gasteiger partial charge in [0.25, 0.3) is 5.91 Å². The zero-order valence-corrected chi connectivity index (χ0v) is 16.8. The topological polar surface area (TPSA) is 69.0 Å². The highest BCUT2D eigenvalue weighted by Crippen LogP contribution is 2.34. The Bertz CT molecular complexity index is 924. The minimum absolute atomic E-state index is 0.113. The molecule has 2 aliphatic carbocycles. The number of carbonyl (C=O) groups excluding carboxylic acids is 2. The molecule has 1 heterocycles. The number of ether oxygens (including phenoxy) is 2. The smallest absolute Gasteiger partial charge is 0.375 e. The molecule has 1 amide bonds. The van der Waals surface area contributed by atoms with Gasteiger partial charge in [0.1, 0.15) is 5.58 Å². The fourth-order valence-electron chi connectivity index (χ4n) is 3.84. The Morgan fingerprint density at radius 3 is 2.76 bits per heavy atom. The quantitative estimate of drug-likeness (QED) is 0.610. The van der Waals surface area contributed by atoms with Gasteiger partial charge in [0.15, 0.2) is 6.61 Å². The molecule has 2 aromatic rings. The zero-order valence-electron chi connectivity index (χ0n) is 16.8. The largest absolute Gasteiger partial charge is 0.450 e. The van der Waals surface area contributed by atoms with Crippen LogP contribution in [-0.2, 0) is 20.9 Å². The molecule has 0 spiro atoms. The molecular weight excluding hydrogens is 370 g/mol. The molecule has 1 saturated carbocycles. The Hall–Kier alpha value is -2.60. The van der Waals surface area contributed by atoms with Crippen LogP contribution in [0.5, 0.6) is 0 Å². The number of amides is 1. The van der Waals surface area contributed by atoms with Crippen molar-refractivity contribution < 1.29 is 23.5 Å². The van der Waals surface area contributed by atoms with E-state index in [1.54, 1.807) is 6.07 Å². The van der Waals surface area contributed by atoms with Crippen molar-refractivity contribution in [2.24, 2.45) is 0 Å². The first kappa shape index (κ1) is 19.7. The fraction of sp³-hybridized carbons (Fsp3) is 0.478. The molecule has 0 radical (unpaired) electrons. The third-order valence-corrected chi connectivity index (χ3v) is 5.42. The Morgan fingerprint density at radius 2 is 2.03 bits per heavy atom. The lowest BCUT2D eigenvalue weighted by molar-refractivity contribution is -0.133. The molecule has 1 fully saturated rings. The number of hydrogen-bond donors (Lipinski definition) is 0. The standard InChI is InChI=1S/C23H27NO5/c1-2-27-14-19-18-10-6-7-11-20(18)29-22(19)23(26)28-15-21(25)24(17-12-13-17)16-8-4-3-5-9-16/h6-8,10-11,17H,2-5,9,12-15H2,1H3. The number of esters is 1. The average Bonchev–Trinajstić information content (AvgIpc) is 3.51.